The van der Waals surface area contributed by atoms with Crippen LogP contribution in [0.4, 0.5) is 4.79 Å². The molecule has 2 unspecified atom stereocenters. The van der Waals surface area contributed by atoms with Crippen LogP contribution in [0.25, 0.3) is 0 Å². The molecule has 21 heavy (non-hydrogen) atoms. The second-order valence-corrected chi connectivity index (χ2v) is 7.07. The van der Waals surface area contributed by atoms with E-state index in [0.717, 1.165) is 16.7 Å². The molecule has 1 aromatic carbocycles. The number of carbonyl (C=O) groups is 1. The van der Waals surface area contributed by atoms with Crippen molar-refractivity contribution in [3.8, 4) is 0 Å². The number of amides is 2. The number of hydrogen-bond donors (Lipinski definition) is 3. The highest BCUT2D eigenvalue weighted by Crippen LogP contribution is 2.25. The zero-order valence-corrected chi connectivity index (χ0v) is 13.5. The standard InChI is InChI=1S/C16H24N2O2S/c1-11-6-12(2)8-13(7-11)15(19)10-18-16(20)17-9-14-4-3-5-21-14/h6-8,14-15,19H,3-5,9-10H2,1-2H3,(H2,17,18,20). The van der Waals surface area contributed by atoms with Crippen LogP contribution in [0.2, 0.25) is 0 Å². The number of hydrogen-bond acceptors (Lipinski definition) is 3. The van der Waals surface area contributed by atoms with Crippen molar-refractivity contribution in [3.63, 3.8) is 0 Å². The molecule has 0 radical (unpaired) electrons. The van der Waals surface area contributed by atoms with Crippen LogP contribution in [0.15, 0.2) is 18.2 Å². The van der Waals surface area contributed by atoms with Crippen molar-refractivity contribution in [1.82, 2.24) is 10.6 Å². The van der Waals surface area contributed by atoms with Crippen molar-refractivity contribution in [2.24, 2.45) is 0 Å². The maximum absolute atomic E-state index is 11.7. The molecule has 1 aliphatic heterocycles. The van der Waals surface area contributed by atoms with Crippen LogP contribution in [0.1, 0.15) is 35.6 Å². The fourth-order valence-electron chi connectivity index (χ4n) is 2.58. The van der Waals surface area contributed by atoms with Crippen LogP contribution in [0.5, 0.6) is 0 Å². The number of aliphatic hydroxyl groups excluding tert-OH is 1. The maximum atomic E-state index is 11.7. The lowest BCUT2D eigenvalue weighted by atomic mass is 10.0. The third-order valence-electron chi connectivity index (χ3n) is 3.60. The summed E-state index contributed by atoms with van der Waals surface area (Å²) in [5.41, 5.74) is 3.08. The van der Waals surface area contributed by atoms with Crippen molar-refractivity contribution >= 4 is 17.8 Å². The van der Waals surface area contributed by atoms with Gasteiger partial charge in [-0.05, 0) is 38.0 Å². The zero-order valence-electron chi connectivity index (χ0n) is 12.7. The van der Waals surface area contributed by atoms with E-state index in [9.17, 15) is 9.90 Å². The highest BCUT2D eigenvalue weighted by molar-refractivity contribution is 8.00. The molecule has 116 valence electrons. The molecule has 1 aromatic rings. The van der Waals surface area contributed by atoms with Gasteiger partial charge in [0.2, 0.25) is 0 Å². The maximum Gasteiger partial charge on any atom is 0.314 e. The zero-order chi connectivity index (χ0) is 15.2. The van der Waals surface area contributed by atoms with Crippen molar-refractivity contribution in [3.05, 3.63) is 34.9 Å². The SMILES string of the molecule is Cc1cc(C)cc(C(O)CNC(=O)NCC2CCCS2)c1. The third-order valence-corrected chi connectivity index (χ3v) is 5.00. The van der Waals surface area contributed by atoms with Crippen molar-refractivity contribution in [2.75, 3.05) is 18.8 Å². The molecule has 1 heterocycles. The summed E-state index contributed by atoms with van der Waals surface area (Å²) in [5.74, 6) is 1.19. The molecule has 2 atom stereocenters. The number of carbonyl (C=O) groups excluding carboxylic acids is 1. The molecule has 1 saturated heterocycles. The van der Waals surface area contributed by atoms with Gasteiger partial charge >= 0.3 is 6.03 Å². The molecule has 5 heteroatoms. The smallest absolute Gasteiger partial charge is 0.314 e. The first-order valence-corrected chi connectivity index (χ1v) is 8.49. The molecular formula is C16H24N2O2S. The minimum absolute atomic E-state index is 0.203. The normalized spacial score (nSPS) is 19.3. The van der Waals surface area contributed by atoms with Gasteiger partial charge in [0.05, 0.1) is 6.10 Å². The Morgan fingerprint density at radius 1 is 1.33 bits per heavy atom. The van der Waals surface area contributed by atoms with Gasteiger partial charge in [0, 0.05) is 18.3 Å². The highest BCUT2D eigenvalue weighted by Gasteiger charge is 2.16. The average molecular weight is 308 g/mol. The summed E-state index contributed by atoms with van der Waals surface area (Å²) in [6, 6.07) is 5.76. The van der Waals surface area contributed by atoms with Crippen molar-refractivity contribution in [1.29, 1.82) is 0 Å². The molecule has 0 bridgehead atoms. The lowest BCUT2D eigenvalue weighted by Gasteiger charge is -2.15. The summed E-state index contributed by atoms with van der Waals surface area (Å²) in [6.45, 7) is 4.94. The molecule has 2 amide bonds. The molecule has 3 N–H and O–H groups in total. The lowest BCUT2D eigenvalue weighted by Crippen LogP contribution is -2.40. The topological polar surface area (TPSA) is 61.4 Å². The van der Waals surface area contributed by atoms with Gasteiger partial charge in [-0.15, -0.1) is 0 Å². The third kappa shape index (κ3) is 5.25. The van der Waals surface area contributed by atoms with Crippen molar-refractivity contribution in [2.45, 2.75) is 38.0 Å². The van der Waals surface area contributed by atoms with Gasteiger partial charge in [-0.25, -0.2) is 4.79 Å². The first-order valence-electron chi connectivity index (χ1n) is 7.44. The van der Waals surface area contributed by atoms with E-state index in [2.05, 4.69) is 16.7 Å². The van der Waals surface area contributed by atoms with Gasteiger partial charge in [0.15, 0.2) is 0 Å². The van der Waals surface area contributed by atoms with Crippen LogP contribution < -0.4 is 10.6 Å². The number of aliphatic hydroxyl groups is 1. The van der Waals surface area contributed by atoms with Gasteiger partial charge < -0.3 is 15.7 Å². The highest BCUT2D eigenvalue weighted by atomic mass is 32.2. The van der Waals surface area contributed by atoms with E-state index >= 15 is 0 Å². The summed E-state index contributed by atoms with van der Waals surface area (Å²) in [4.78, 5) is 11.7. The Bertz CT molecular complexity index is 467. The van der Waals surface area contributed by atoms with E-state index in [-0.39, 0.29) is 12.6 Å². The van der Waals surface area contributed by atoms with Gasteiger partial charge in [-0.1, -0.05) is 29.3 Å². The second-order valence-electron chi connectivity index (χ2n) is 5.66. The second kappa shape index (κ2) is 7.71. The molecule has 2 rings (SSSR count). The first-order chi connectivity index (χ1) is 10.0. The summed E-state index contributed by atoms with van der Waals surface area (Å²) in [5, 5.41) is 16.3. The summed E-state index contributed by atoms with van der Waals surface area (Å²) >= 11 is 1.92. The van der Waals surface area contributed by atoms with Crippen molar-refractivity contribution < 1.29 is 9.90 Å². The number of thioether (sulfide) groups is 1. The molecule has 1 aliphatic rings. The Balaban J connectivity index is 1.74. The number of aryl methyl sites for hydroxylation is 2. The van der Waals surface area contributed by atoms with E-state index < -0.39 is 6.10 Å². The van der Waals surface area contributed by atoms with Gasteiger partial charge in [0.25, 0.3) is 0 Å². The van der Waals surface area contributed by atoms with Crippen LogP contribution in [0, 0.1) is 13.8 Å². The van der Waals surface area contributed by atoms with E-state index in [1.807, 2.05) is 37.7 Å². The summed E-state index contributed by atoms with van der Waals surface area (Å²) < 4.78 is 0. The number of rotatable bonds is 5. The first kappa shape index (κ1) is 16.2. The minimum Gasteiger partial charge on any atom is -0.387 e. The van der Waals surface area contributed by atoms with Gasteiger partial charge in [-0.3, -0.25) is 0 Å². The molecule has 1 fully saturated rings. The fourth-order valence-corrected chi connectivity index (χ4v) is 3.79. The van der Waals surface area contributed by atoms with E-state index in [0.29, 0.717) is 11.8 Å². The fraction of sp³-hybridized carbons (Fsp3) is 0.562. The predicted molar refractivity (Wildman–Crippen MR) is 87.8 cm³/mol. The Hall–Kier alpha value is -1.20. The van der Waals surface area contributed by atoms with E-state index in [4.69, 9.17) is 0 Å². The molecule has 0 aliphatic carbocycles. The minimum atomic E-state index is -0.671. The predicted octanol–water partition coefficient (Wildman–Crippen LogP) is 2.53. The Morgan fingerprint density at radius 3 is 2.67 bits per heavy atom. The van der Waals surface area contributed by atoms with Gasteiger partial charge in [-0.2, -0.15) is 11.8 Å². The number of urea groups is 1. The average Bonchev–Trinajstić information content (AvgIpc) is 2.94. The Morgan fingerprint density at radius 2 is 2.05 bits per heavy atom. The molecule has 4 nitrogen and oxygen atoms in total. The van der Waals surface area contributed by atoms with Gasteiger partial charge in [0.1, 0.15) is 0 Å². The monoisotopic (exact) mass is 308 g/mol. The molecule has 0 saturated carbocycles. The lowest BCUT2D eigenvalue weighted by molar-refractivity contribution is 0.173. The van der Waals surface area contributed by atoms with E-state index in [1.165, 1.54) is 18.6 Å². The van der Waals surface area contributed by atoms with E-state index in [1.54, 1.807) is 0 Å². The number of nitrogens with one attached hydrogen (secondary N) is 2. The Kier molecular flexibility index (Phi) is 5.94. The summed E-state index contributed by atoms with van der Waals surface area (Å²) in [6.07, 6.45) is 1.75. The molecule has 0 aromatic heterocycles. The van der Waals surface area contributed by atoms with Crippen LogP contribution in [-0.2, 0) is 0 Å². The van der Waals surface area contributed by atoms with Crippen LogP contribution in [-0.4, -0.2) is 35.2 Å². The Labute approximate surface area is 130 Å². The number of benzene rings is 1. The van der Waals surface area contributed by atoms with Crippen LogP contribution in [0.3, 0.4) is 0 Å². The summed E-state index contributed by atoms with van der Waals surface area (Å²) in [7, 11) is 0. The molecule has 0 spiro atoms. The molecular weight excluding hydrogens is 284 g/mol. The quantitative estimate of drug-likeness (QED) is 0.783. The largest absolute Gasteiger partial charge is 0.387 e. The van der Waals surface area contributed by atoms with Crippen LogP contribution >= 0.6 is 11.8 Å².